The van der Waals surface area contributed by atoms with Crippen LogP contribution in [0.15, 0.2) is 66.7 Å². The second kappa shape index (κ2) is 12.4. The first-order valence-corrected chi connectivity index (χ1v) is 20.2. The molecule has 4 heterocycles. The van der Waals surface area contributed by atoms with Crippen LogP contribution in [-0.4, -0.2) is 66.1 Å². The zero-order valence-electron chi connectivity index (χ0n) is 27.6. The molecule has 1 spiro atoms. The predicted octanol–water partition coefficient (Wildman–Crippen LogP) is 5.15. The highest BCUT2D eigenvalue weighted by molar-refractivity contribution is 6.71. The third kappa shape index (κ3) is 5.47. The van der Waals surface area contributed by atoms with Gasteiger partial charge in [-0.2, -0.15) is 0 Å². The zero-order chi connectivity index (χ0) is 34.0. The Balaban J connectivity index is 1.22. The van der Waals surface area contributed by atoms with E-state index in [0.717, 1.165) is 28.8 Å². The third-order valence-electron chi connectivity index (χ3n) is 10.8. The molecule has 252 valence electrons. The molecule has 2 fully saturated rings. The number of ether oxygens (including phenoxy) is 1. The Bertz CT molecular complexity index is 1780. The maximum atomic E-state index is 14.8. The topological polar surface area (TPSA) is 111 Å². The van der Waals surface area contributed by atoms with Gasteiger partial charge in [0.05, 0.1) is 37.4 Å². The lowest BCUT2D eigenvalue weighted by Crippen LogP contribution is -2.48. The highest BCUT2D eigenvalue weighted by Gasteiger charge is 2.66. The molecule has 4 aliphatic rings. The summed E-state index contributed by atoms with van der Waals surface area (Å²) >= 11 is 6.57. The normalized spacial score (nSPS) is 26.8. The first-order valence-electron chi connectivity index (χ1n) is 16.8. The average Bonchev–Trinajstić information content (AvgIpc) is 3.69. The van der Waals surface area contributed by atoms with E-state index in [-0.39, 0.29) is 43.3 Å². The van der Waals surface area contributed by atoms with E-state index in [9.17, 15) is 24.3 Å². The van der Waals surface area contributed by atoms with Crippen LogP contribution in [0.1, 0.15) is 48.4 Å². The highest BCUT2D eigenvalue weighted by Crippen LogP contribution is 2.60. The number of hydrogen-bond acceptors (Lipinski definition) is 6. The Morgan fingerprint density at radius 1 is 1.06 bits per heavy atom. The maximum Gasteiger partial charge on any atom is 0.264 e. The lowest BCUT2D eigenvalue weighted by Gasteiger charge is -2.37. The Kier molecular flexibility index (Phi) is 8.52. The van der Waals surface area contributed by atoms with Gasteiger partial charge in [0.2, 0.25) is 11.8 Å². The van der Waals surface area contributed by atoms with Crippen LogP contribution in [0.5, 0.6) is 0 Å². The van der Waals surface area contributed by atoms with Crippen molar-refractivity contribution in [3.63, 3.8) is 0 Å². The first-order chi connectivity index (χ1) is 22.9. The quantitative estimate of drug-likeness (QED) is 0.333. The lowest BCUT2D eigenvalue weighted by atomic mass is 9.82. The number of hydrogen-bond donors (Lipinski definition) is 2. The van der Waals surface area contributed by atoms with E-state index in [4.69, 9.17) is 16.3 Å². The van der Waals surface area contributed by atoms with Crippen molar-refractivity contribution in [2.45, 2.75) is 82.1 Å². The van der Waals surface area contributed by atoms with Crippen molar-refractivity contribution in [2.24, 2.45) is 5.92 Å². The molecule has 0 bridgehead atoms. The van der Waals surface area contributed by atoms with Crippen LogP contribution >= 0.6 is 11.6 Å². The monoisotopic (exact) mass is 687 g/mol. The van der Waals surface area contributed by atoms with Gasteiger partial charge in [-0.05, 0) is 73.0 Å². The number of halogens is 1. The number of rotatable bonds is 7. The van der Waals surface area contributed by atoms with Gasteiger partial charge >= 0.3 is 0 Å². The van der Waals surface area contributed by atoms with Crippen LogP contribution in [0.2, 0.25) is 23.7 Å². The summed E-state index contributed by atoms with van der Waals surface area (Å²) < 4.78 is 6.90. The maximum absolute atomic E-state index is 14.8. The molecule has 2 saturated heterocycles. The van der Waals surface area contributed by atoms with E-state index in [1.165, 1.54) is 0 Å². The van der Waals surface area contributed by atoms with Crippen LogP contribution < -0.4 is 9.80 Å². The molecule has 9 nitrogen and oxygen atoms in total. The van der Waals surface area contributed by atoms with Crippen molar-refractivity contribution in [3.05, 3.63) is 94.0 Å². The van der Waals surface area contributed by atoms with Crippen LogP contribution in [0, 0.1) is 5.92 Å². The van der Waals surface area contributed by atoms with Crippen molar-refractivity contribution in [2.75, 3.05) is 23.0 Å². The number of carbonyl (C=O) groups excluding carboxylic acids is 3. The van der Waals surface area contributed by atoms with E-state index < -0.39 is 31.5 Å². The van der Waals surface area contributed by atoms with Gasteiger partial charge in [-0.15, -0.1) is 0 Å². The van der Waals surface area contributed by atoms with Gasteiger partial charge in [0.25, 0.3) is 5.91 Å². The summed E-state index contributed by atoms with van der Waals surface area (Å²) in [7, 11) is -3.02. The average molecular weight is 688 g/mol. The largest absolute Gasteiger partial charge is 0.432 e. The predicted molar refractivity (Wildman–Crippen MR) is 186 cm³/mol. The molecule has 0 aliphatic carbocycles. The zero-order valence-corrected chi connectivity index (χ0v) is 29.3. The molecule has 0 aromatic heterocycles. The summed E-state index contributed by atoms with van der Waals surface area (Å²) in [5, 5.41) is 10.7. The summed E-state index contributed by atoms with van der Waals surface area (Å²) in [6.07, 6.45) is 1.15. The second-order valence-electron chi connectivity index (χ2n) is 14.3. The van der Waals surface area contributed by atoms with Gasteiger partial charge < -0.3 is 29.3 Å². The standard InChI is InChI=1S/C37H42ClN3O6Si/c1-23-35(48(2,3)46)32(19-34(44)40-21-26-10-5-4-9-25(26)17-29(40)22-42)47-37(23)30-18-27(38)13-14-31(30)41(36(37)45)20-24-8-6-11-28(16-24)39-15-7-12-33(39)43/h4-6,8-11,13-14,16,18,23,29,32,35,42,46H,7,12,15,17,19-22H2,1-3H3/t23-,29-,32+,35-,37+/m0/s1. The molecular weight excluding hydrogens is 646 g/mol. The molecule has 3 aromatic carbocycles. The number of anilines is 2. The van der Waals surface area contributed by atoms with E-state index in [0.29, 0.717) is 42.2 Å². The summed E-state index contributed by atoms with van der Waals surface area (Å²) in [5.74, 6) is -0.796. The highest BCUT2D eigenvalue weighted by atomic mass is 35.5. The molecule has 11 heteroatoms. The molecular formula is C37H42ClN3O6Si. The Hall–Kier alpha value is -3.54. The number of benzene rings is 3. The van der Waals surface area contributed by atoms with Crippen molar-refractivity contribution < 1.29 is 29.0 Å². The summed E-state index contributed by atoms with van der Waals surface area (Å²) in [6, 6.07) is 20.7. The van der Waals surface area contributed by atoms with Gasteiger partial charge in [0.15, 0.2) is 13.9 Å². The summed E-state index contributed by atoms with van der Waals surface area (Å²) in [4.78, 5) is 58.3. The molecule has 3 aromatic rings. The second-order valence-corrected chi connectivity index (χ2v) is 18.7. The summed E-state index contributed by atoms with van der Waals surface area (Å²) in [5.41, 5.74) is 3.27. The van der Waals surface area contributed by atoms with Crippen molar-refractivity contribution >= 4 is 49.0 Å². The molecule has 3 amide bonds. The fourth-order valence-corrected chi connectivity index (χ4v) is 11.4. The molecule has 0 saturated carbocycles. The van der Waals surface area contributed by atoms with Gasteiger partial charge in [-0.1, -0.05) is 54.9 Å². The molecule has 48 heavy (non-hydrogen) atoms. The Labute approximate surface area is 287 Å². The third-order valence-corrected chi connectivity index (χ3v) is 13.6. The van der Waals surface area contributed by atoms with Crippen molar-refractivity contribution in [1.29, 1.82) is 0 Å². The van der Waals surface area contributed by atoms with E-state index in [1.807, 2.05) is 74.6 Å². The fraction of sp³-hybridized carbons (Fsp3) is 0.432. The van der Waals surface area contributed by atoms with Crippen LogP contribution in [0.3, 0.4) is 0 Å². The van der Waals surface area contributed by atoms with Gasteiger partial charge in [0.1, 0.15) is 0 Å². The number of amides is 3. The SMILES string of the molecule is C[C@H]1[C@H]([Si](C)(C)O)[C@@H](CC(=O)N2Cc3ccccc3C[C@H]2CO)O[C@]12C(=O)N(Cc1cccc(N3CCCC3=O)c1)c1ccc(Cl)cc12. The van der Waals surface area contributed by atoms with Crippen LogP contribution in [0.25, 0.3) is 0 Å². The van der Waals surface area contributed by atoms with E-state index in [1.54, 1.807) is 26.8 Å². The van der Waals surface area contributed by atoms with Crippen LogP contribution in [0.4, 0.5) is 11.4 Å². The van der Waals surface area contributed by atoms with Crippen molar-refractivity contribution in [3.8, 4) is 0 Å². The molecule has 0 unspecified atom stereocenters. The Morgan fingerprint density at radius 2 is 1.83 bits per heavy atom. The van der Waals surface area contributed by atoms with Gasteiger partial charge in [0, 0.05) is 47.2 Å². The van der Waals surface area contributed by atoms with Crippen LogP contribution in [-0.2, 0) is 44.2 Å². The summed E-state index contributed by atoms with van der Waals surface area (Å²) in [6.45, 7) is 6.76. The number of fused-ring (bicyclic) bond motifs is 3. The number of aliphatic hydroxyl groups is 1. The minimum absolute atomic E-state index is 0.0263. The van der Waals surface area contributed by atoms with Crippen molar-refractivity contribution in [1.82, 2.24) is 4.90 Å². The van der Waals surface area contributed by atoms with E-state index in [2.05, 4.69) is 0 Å². The lowest BCUT2D eigenvalue weighted by molar-refractivity contribution is -0.151. The smallest absolute Gasteiger partial charge is 0.264 e. The Morgan fingerprint density at radius 3 is 2.54 bits per heavy atom. The fourth-order valence-electron chi connectivity index (χ4n) is 8.66. The minimum Gasteiger partial charge on any atom is -0.432 e. The van der Waals surface area contributed by atoms with E-state index >= 15 is 0 Å². The molecule has 4 aliphatic heterocycles. The van der Waals surface area contributed by atoms with Gasteiger partial charge in [-0.3, -0.25) is 14.4 Å². The number of carbonyl (C=O) groups is 3. The molecule has 7 rings (SSSR count). The molecule has 5 atom stereocenters. The number of aliphatic hydroxyl groups excluding tert-OH is 1. The minimum atomic E-state index is -3.02. The first kappa shape index (κ1) is 33.0. The molecule has 2 N–H and O–H groups in total. The molecule has 0 radical (unpaired) electrons. The van der Waals surface area contributed by atoms with Gasteiger partial charge in [-0.25, -0.2) is 0 Å². The number of nitrogens with zero attached hydrogens (tertiary/aromatic N) is 3.